The van der Waals surface area contributed by atoms with Gasteiger partial charge in [-0.3, -0.25) is 4.79 Å². The van der Waals surface area contributed by atoms with Crippen molar-refractivity contribution in [3.8, 4) is 0 Å². The highest BCUT2D eigenvalue weighted by atomic mass is 19.1. The predicted molar refractivity (Wildman–Crippen MR) is 113 cm³/mol. The number of rotatable bonds is 3. The van der Waals surface area contributed by atoms with Gasteiger partial charge < -0.3 is 4.90 Å². The van der Waals surface area contributed by atoms with Crippen molar-refractivity contribution in [3.05, 3.63) is 52.6 Å². The minimum Gasteiger partial charge on any atom is -0.305 e. The first-order valence-corrected chi connectivity index (χ1v) is 10.3. The Morgan fingerprint density at radius 1 is 1.17 bits per heavy atom. The van der Waals surface area contributed by atoms with Crippen LogP contribution in [-0.2, 0) is 6.42 Å². The molecule has 1 aliphatic rings. The first-order valence-electron chi connectivity index (χ1n) is 10.3. The van der Waals surface area contributed by atoms with Crippen LogP contribution in [0.3, 0.4) is 0 Å². The summed E-state index contributed by atoms with van der Waals surface area (Å²) in [4.78, 5) is 20.0. The van der Waals surface area contributed by atoms with Gasteiger partial charge in [-0.1, -0.05) is 19.9 Å². The Kier molecular flexibility index (Phi) is 4.89. The Balaban J connectivity index is 1.89. The summed E-state index contributed by atoms with van der Waals surface area (Å²) in [7, 11) is 0. The van der Waals surface area contributed by atoms with Crippen LogP contribution in [0.25, 0.3) is 11.0 Å². The molecule has 0 bridgehead atoms. The Morgan fingerprint density at radius 2 is 1.93 bits per heavy atom. The van der Waals surface area contributed by atoms with Gasteiger partial charge in [0.05, 0.1) is 22.8 Å². The fourth-order valence-electron chi connectivity index (χ4n) is 4.08. The fraction of sp³-hybridized carbons (Fsp3) is 0.435. The van der Waals surface area contributed by atoms with Crippen LogP contribution in [-0.4, -0.2) is 27.2 Å². The van der Waals surface area contributed by atoms with Crippen molar-refractivity contribution in [2.45, 2.75) is 59.4 Å². The summed E-state index contributed by atoms with van der Waals surface area (Å²) in [6.07, 6.45) is 3.31. The predicted octanol–water partition coefficient (Wildman–Crippen LogP) is 5.18. The van der Waals surface area contributed by atoms with Gasteiger partial charge in [-0.25, -0.2) is 14.1 Å². The lowest BCUT2D eigenvalue weighted by Crippen LogP contribution is -2.36. The molecule has 0 saturated carbocycles. The van der Waals surface area contributed by atoms with Gasteiger partial charge in [0.2, 0.25) is 0 Å². The Bertz CT molecular complexity index is 1100. The zero-order valence-electron chi connectivity index (χ0n) is 17.7. The van der Waals surface area contributed by atoms with Crippen LogP contribution in [0.1, 0.15) is 73.3 Å². The number of hydrogen-bond acceptors (Lipinski definition) is 3. The number of carbonyl (C=O) groups is 1. The number of carbonyl (C=O) groups excluding carboxylic acids is 1. The number of halogens is 1. The Hall–Kier alpha value is -2.76. The van der Waals surface area contributed by atoms with E-state index >= 15 is 0 Å². The van der Waals surface area contributed by atoms with Crippen LogP contribution in [0.15, 0.2) is 24.4 Å². The average Bonchev–Trinajstić information content (AvgIpc) is 3.10. The molecule has 0 aliphatic carbocycles. The zero-order chi connectivity index (χ0) is 20.9. The van der Waals surface area contributed by atoms with Gasteiger partial charge in [-0.05, 0) is 62.8 Å². The summed E-state index contributed by atoms with van der Waals surface area (Å²) in [5.41, 5.74) is 4.27. The van der Waals surface area contributed by atoms with Crippen LogP contribution in [0.4, 0.5) is 10.1 Å². The van der Waals surface area contributed by atoms with E-state index in [1.165, 1.54) is 6.07 Å². The summed E-state index contributed by atoms with van der Waals surface area (Å²) in [6.45, 7) is 10.6. The molecular formula is C23H27FN4O. The van der Waals surface area contributed by atoms with E-state index in [1.807, 2.05) is 37.6 Å². The molecule has 4 rings (SSSR count). The number of anilines is 1. The minimum atomic E-state index is -0.333. The highest BCUT2D eigenvalue weighted by molar-refractivity contribution is 6.13. The van der Waals surface area contributed by atoms with Gasteiger partial charge in [0, 0.05) is 18.3 Å². The van der Waals surface area contributed by atoms with Crippen LogP contribution >= 0.6 is 0 Å². The van der Waals surface area contributed by atoms with E-state index in [2.05, 4.69) is 18.9 Å². The van der Waals surface area contributed by atoms with E-state index in [-0.39, 0.29) is 23.7 Å². The third-order valence-corrected chi connectivity index (χ3v) is 5.53. The SMILES string of the molecule is Cc1cc(F)c2c(c1)CCCN2C(=O)c1cc(C(C)C)nc2c1cnn2C(C)C. The average molecular weight is 394 g/mol. The minimum absolute atomic E-state index is 0.126. The molecule has 0 spiro atoms. The number of hydrogen-bond donors (Lipinski definition) is 0. The van der Waals surface area contributed by atoms with Crippen LogP contribution in [0.2, 0.25) is 0 Å². The molecule has 0 fully saturated rings. The summed E-state index contributed by atoms with van der Waals surface area (Å²) in [5, 5.41) is 5.18. The second-order valence-electron chi connectivity index (χ2n) is 8.48. The molecule has 2 aromatic heterocycles. The molecule has 1 aliphatic heterocycles. The van der Waals surface area contributed by atoms with E-state index in [9.17, 15) is 9.18 Å². The summed E-state index contributed by atoms with van der Waals surface area (Å²) >= 11 is 0. The number of aromatic nitrogens is 3. The quantitative estimate of drug-likeness (QED) is 0.615. The number of nitrogens with zero attached hydrogens (tertiary/aromatic N) is 4. The first-order chi connectivity index (χ1) is 13.8. The summed E-state index contributed by atoms with van der Waals surface area (Å²) in [6, 6.07) is 5.46. The molecule has 6 heteroatoms. The van der Waals surface area contributed by atoms with Crippen molar-refractivity contribution in [3.63, 3.8) is 0 Å². The molecule has 0 radical (unpaired) electrons. The molecule has 3 aromatic rings. The molecular weight excluding hydrogens is 367 g/mol. The molecule has 0 atom stereocenters. The molecule has 0 unspecified atom stereocenters. The van der Waals surface area contributed by atoms with Gasteiger partial charge >= 0.3 is 0 Å². The van der Waals surface area contributed by atoms with Crippen molar-refractivity contribution in [2.75, 3.05) is 11.4 Å². The smallest absolute Gasteiger partial charge is 0.259 e. The first kappa shape index (κ1) is 19.6. The topological polar surface area (TPSA) is 51.0 Å². The zero-order valence-corrected chi connectivity index (χ0v) is 17.7. The summed E-state index contributed by atoms with van der Waals surface area (Å²) < 4.78 is 16.7. The highest BCUT2D eigenvalue weighted by Gasteiger charge is 2.29. The Morgan fingerprint density at radius 3 is 2.62 bits per heavy atom. The molecule has 29 heavy (non-hydrogen) atoms. The number of aryl methyl sites for hydroxylation is 2. The van der Waals surface area contributed by atoms with E-state index in [1.54, 1.807) is 11.1 Å². The van der Waals surface area contributed by atoms with E-state index in [4.69, 9.17) is 4.98 Å². The van der Waals surface area contributed by atoms with E-state index in [0.717, 1.165) is 29.7 Å². The van der Waals surface area contributed by atoms with Gasteiger partial charge in [-0.15, -0.1) is 0 Å². The van der Waals surface area contributed by atoms with Gasteiger partial charge in [-0.2, -0.15) is 5.10 Å². The second kappa shape index (κ2) is 7.25. The second-order valence-corrected chi connectivity index (χ2v) is 8.48. The number of benzene rings is 1. The van der Waals surface area contributed by atoms with Crippen LogP contribution in [0, 0.1) is 12.7 Å². The molecule has 0 N–H and O–H groups in total. The summed E-state index contributed by atoms with van der Waals surface area (Å²) in [5.74, 6) is -0.360. The van der Waals surface area contributed by atoms with Gasteiger partial charge in [0.1, 0.15) is 5.82 Å². The standard InChI is InChI=1S/C23H27FN4O/c1-13(2)20-11-17(18-12-25-28(14(3)4)22(18)26-20)23(29)27-8-6-7-16-9-15(5)10-19(24)21(16)27/h9-14H,6-8H2,1-5H3. The maximum absolute atomic E-state index is 14.9. The molecule has 1 aromatic carbocycles. The lowest BCUT2D eigenvalue weighted by molar-refractivity contribution is 0.0985. The normalized spacial score (nSPS) is 14.1. The van der Waals surface area contributed by atoms with Crippen molar-refractivity contribution < 1.29 is 9.18 Å². The van der Waals surface area contributed by atoms with Crippen molar-refractivity contribution >= 4 is 22.6 Å². The molecule has 5 nitrogen and oxygen atoms in total. The van der Waals surface area contributed by atoms with Crippen LogP contribution in [0.5, 0.6) is 0 Å². The van der Waals surface area contributed by atoms with E-state index in [0.29, 0.717) is 28.8 Å². The van der Waals surface area contributed by atoms with Gasteiger partial charge in [0.25, 0.3) is 5.91 Å². The third-order valence-electron chi connectivity index (χ3n) is 5.53. The third kappa shape index (κ3) is 3.30. The maximum atomic E-state index is 14.9. The maximum Gasteiger partial charge on any atom is 0.259 e. The van der Waals surface area contributed by atoms with Crippen molar-refractivity contribution in [1.29, 1.82) is 0 Å². The number of pyridine rings is 1. The van der Waals surface area contributed by atoms with Crippen molar-refractivity contribution in [2.24, 2.45) is 0 Å². The van der Waals surface area contributed by atoms with E-state index < -0.39 is 0 Å². The van der Waals surface area contributed by atoms with Crippen LogP contribution < -0.4 is 4.90 Å². The lowest BCUT2D eigenvalue weighted by atomic mass is 9.97. The van der Waals surface area contributed by atoms with Gasteiger partial charge in [0.15, 0.2) is 5.65 Å². The number of amides is 1. The number of fused-ring (bicyclic) bond motifs is 2. The van der Waals surface area contributed by atoms with Crippen molar-refractivity contribution in [1.82, 2.24) is 14.8 Å². The fourth-order valence-corrected chi connectivity index (χ4v) is 4.08. The molecule has 0 saturated heterocycles. The monoisotopic (exact) mass is 394 g/mol. The Labute approximate surface area is 170 Å². The highest BCUT2D eigenvalue weighted by Crippen LogP contribution is 2.34. The largest absolute Gasteiger partial charge is 0.305 e. The molecule has 152 valence electrons. The molecule has 1 amide bonds. The molecule has 3 heterocycles. The lowest BCUT2D eigenvalue weighted by Gasteiger charge is -2.30.